The van der Waals surface area contributed by atoms with Gasteiger partial charge in [0.25, 0.3) is 0 Å². The molecule has 1 rings (SSSR count). The Morgan fingerprint density at radius 2 is 2.00 bits per heavy atom. The summed E-state index contributed by atoms with van der Waals surface area (Å²) in [5.41, 5.74) is 8.47. The van der Waals surface area contributed by atoms with Gasteiger partial charge in [-0.3, -0.25) is 0 Å². The van der Waals surface area contributed by atoms with Crippen LogP contribution in [0.1, 0.15) is 26.3 Å². The van der Waals surface area contributed by atoms with Gasteiger partial charge in [-0.05, 0) is 37.5 Å². The van der Waals surface area contributed by atoms with Crippen LogP contribution in [0, 0.1) is 12.8 Å². The van der Waals surface area contributed by atoms with Crippen LogP contribution in [0.5, 0.6) is 0 Å². The maximum atomic E-state index is 5.94. The molecular weight excluding hydrogens is 196 g/mol. The van der Waals surface area contributed by atoms with E-state index in [4.69, 9.17) is 5.73 Å². The van der Waals surface area contributed by atoms with Crippen LogP contribution in [0.2, 0.25) is 0 Å². The van der Waals surface area contributed by atoms with Gasteiger partial charge in [-0.15, -0.1) is 0 Å². The van der Waals surface area contributed by atoms with Crippen LogP contribution in [0.15, 0.2) is 24.3 Å². The number of nitrogens with two attached hydrogens (primary N) is 1. The zero-order valence-corrected chi connectivity index (χ0v) is 11.1. The summed E-state index contributed by atoms with van der Waals surface area (Å²) >= 11 is 0. The summed E-state index contributed by atoms with van der Waals surface area (Å²) in [5, 5.41) is 0. The number of benzene rings is 1. The molecule has 0 radical (unpaired) electrons. The van der Waals surface area contributed by atoms with E-state index >= 15 is 0 Å². The highest BCUT2D eigenvalue weighted by Gasteiger charge is 2.31. The Hall–Kier alpha value is -1.02. The predicted molar refractivity (Wildman–Crippen MR) is 71.9 cm³/mol. The number of hydrogen-bond acceptors (Lipinski definition) is 2. The van der Waals surface area contributed by atoms with Crippen molar-refractivity contribution >= 4 is 5.69 Å². The molecule has 2 nitrogen and oxygen atoms in total. The molecule has 16 heavy (non-hydrogen) atoms. The highest BCUT2D eigenvalue weighted by atomic mass is 15.2. The quantitative estimate of drug-likeness (QED) is 0.845. The second-order valence-electron chi connectivity index (χ2n) is 5.11. The number of aryl methyl sites for hydroxylation is 1. The summed E-state index contributed by atoms with van der Waals surface area (Å²) in [5.74, 6) is 0.517. The molecule has 2 N–H and O–H groups in total. The minimum absolute atomic E-state index is 0.00773. The average Bonchev–Trinajstić information content (AvgIpc) is 2.26. The second kappa shape index (κ2) is 4.88. The van der Waals surface area contributed by atoms with Crippen LogP contribution in [0.25, 0.3) is 0 Å². The van der Waals surface area contributed by atoms with Crippen LogP contribution < -0.4 is 10.6 Å². The normalized spacial score (nSPS) is 14.9. The fourth-order valence-corrected chi connectivity index (χ4v) is 1.89. The summed E-state index contributed by atoms with van der Waals surface area (Å²) in [6.07, 6.45) is 0. The summed E-state index contributed by atoms with van der Waals surface area (Å²) in [7, 11) is 2.13. The lowest BCUT2D eigenvalue weighted by Crippen LogP contribution is -2.53. The van der Waals surface area contributed by atoms with Gasteiger partial charge in [0.05, 0.1) is 5.54 Å². The van der Waals surface area contributed by atoms with E-state index in [2.05, 4.69) is 63.9 Å². The molecule has 0 saturated heterocycles. The van der Waals surface area contributed by atoms with Crippen molar-refractivity contribution < 1.29 is 0 Å². The first kappa shape index (κ1) is 13.0. The van der Waals surface area contributed by atoms with Gasteiger partial charge in [0.2, 0.25) is 0 Å². The topological polar surface area (TPSA) is 29.3 Å². The molecule has 0 heterocycles. The fraction of sp³-hybridized carbons (Fsp3) is 0.571. The van der Waals surface area contributed by atoms with Gasteiger partial charge < -0.3 is 10.6 Å². The van der Waals surface area contributed by atoms with Crippen LogP contribution >= 0.6 is 0 Å². The number of anilines is 1. The molecule has 0 amide bonds. The molecule has 0 spiro atoms. The molecular formula is C14H24N2. The molecule has 0 aromatic heterocycles. The Morgan fingerprint density at radius 1 is 1.38 bits per heavy atom. The SMILES string of the molecule is Cc1cccc(N(C)C(C)(CN)C(C)C)c1. The molecule has 0 bridgehead atoms. The van der Waals surface area contributed by atoms with E-state index in [1.807, 2.05) is 0 Å². The zero-order chi connectivity index (χ0) is 12.3. The van der Waals surface area contributed by atoms with Gasteiger partial charge >= 0.3 is 0 Å². The van der Waals surface area contributed by atoms with Crippen molar-refractivity contribution in [2.24, 2.45) is 11.7 Å². The number of rotatable bonds is 4. The van der Waals surface area contributed by atoms with E-state index in [9.17, 15) is 0 Å². The van der Waals surface area contributed by atoms with Crippen molar-refractivity contribution in [2.75, 3.05) is 18.5 Å². The summed E-state index contributed by atoms with van der Waals surface area (Å²) in [4.78, 5) is 2.30. The van der Waals surface area contributed by atoms with E-state index in [1.165, 1.54) is 11.3 Å². The largest absolute Gasteiger partial charge is 0.368 e. The number of nitrogens with zero attached hydrogens (tertiary/aromatic N) is 1. The molecule has 0 saturated carbocycles. The van der Waals surface area contributed by atoms with Crippen LogP contribution in [0.4, 0.5) is 5.69 Å². The Kier molecular flexibility index (Phi) is 3.98. The average molecular weight is 220 g/mol. The number of likely N-dealkylation sites (N-methyl/N-ethyl adjacent to an activating group) is 1. The first-order valence-electron chi connectivity index (χ1n) is 5.92. The lowest BCUT2D eigenvalue weighted by atomic mass is 9.86. The Bertz CT molecular complexity index is 346. The fourth-order valence-electron chi connectivity index (χ4n) is 1.89. The summed E-state index contributed by atoms with van der Waals surface area (Å²) in [6.45, 7) is 9.44. The maximum Gasteiger partial charge on any atom is 0.0515 e. The monoisotopic (exact) mass is 220 g/mol. The first-order valence-corrected chi connectivity index (χ1v) is 5.92. The Balaban J connectivity index is 3.04. The molecule has 1 atom stereocenters. The molecule has 0 aliphatic heterocycles. The van der Waals surface area contributed by atoms with E-state index in [0.29, 0.717) is 12.5 Å². The molecule has 90 valence electrons. The van der Waals surface area contributed by atoms with Crippen molar-refractivity contribution in [3.8, 4) is 0 Å². The van der Waals surface area contributed by atoms with E-state index in [0.717, 1.165) is 0 Å². The molecule has 1 unspecified atom stereocenters. The number of hydrogen-bond donors (Lipinski definition) is 1. The predicted octanol–water partition coefficient (Wildman–Crippen LogP) is 2.80. The van der Waals surface area contributed by atoms with E-state index in [1.54, 1.807) is 0 Å². The van der Waals surface area contributed by atoms with Gasteiger partial charge in [-0.25, -0.2) is 0 Å². The molecule has 0 fully saturated rings. The highest BCUT2D eigenvalue weighted by Crippen LogP contribution is 2.28. The van der Waals surface area contributed by atoms with Crippen molar-refractivity contribution in [3.63, 3.8) is 0 Å². The van der Waals surface area contributed by atoms with E-state index in [-0.39, 0.29) is 5.54 Å². The lowest BCUT2D eigenvalue weighted by Gasteiger charge is -2.43. The van der Waals surface area contributed by atoms with Gasteiger partial charge in [0.15, 0.2) is 0 Å². The van der Waals surface area contributed by atoms with Crippen LogP contribution in [0.3, 0.4) is 0 Å². The van der Waals surface area contributed by atoms with Gasteiger partial charge in [-0.1, -0.05) is 26.0 Å². The van der Waals surface area contributed by atoms with Gasteiger partial charge in [0.1, 0.15) is 0 Å². The molecule has 2 heteroatoms. The van der Waals surface area contributed by atoms with Crippen molar-refractivity contribution in [3.05, 3.63) is 29.8 Å². The molecule has 1 aromatic carbocycles. The zero-order valence-electron chi connectivity index (χ0n) is 11.1. The molecule has 0 aliphatic carbocycles. The third-order valence-electron chi connectivity index (χ3n) is 3.81. The molecule has 1 aromatic rings. The van der Waals surface area contributed by atoms with Crippen LogP contribution in [-0.2, 0) is 0 Å². The Morgan fingerprint density at radius 3 is 2.44 bits per heavy atom. The van der Waals surface area contributed by atoms with Crippen molar-refractivity contribution in [1.82, 2.24) is 0 Å². The minimum Gasteiger partial charge on any atom is -0.368 e. The third-order valence-corrected chi connectivity index (χ3v) is 3.81. The Labute approximate surface area is 99.5 Å². The molecule has 0 aliphatic rings. The minimum atomic E-state index is 0.00773. The second-order valence-corrected chi connectivity index (χ2v) is 5.11. The summed E-state index contributed by atoms with van der Waals surface area (Å²) in [6, 6.07) is 8.56. The maximum absolute atomic E-state index is 5.94. The van der Waals surface area contributed by atoms with Crippen molar-refractivity contribution in [1.29, 1.82) is 0 Å². The van der Waals surface area contributed by atoms with Crippen molar-refractivity contribution in [2.45, 2.75) is 33.2 Å². The van der Waals surface area contributed by atoms with Gasteiger partial charge in [0, 0.05) is 19.3 Å². The lowest BCUT2D eigenvalue weighted by molar-refractivity contribution is 0.333. The third kappa shape index (κ3) is 2.38. The standard InChI is InChI=1S/C14H24N2/c1-11(2)14(4,10-15)16(5)13-8-6-7-12(3)9-13/h6-9,11H,10,15H2,1-5H3. The van der Waals surface area contributed by atoms with Crippen LogP contribution in [-0.4, -0.2) is 19.1 Å². The van der Waals surface area contributed by atoms with Gasteiger partial charge in [-0.2, -0.15) is 0 Å². The summed E-state index contributed by atoms with van der Waals surface area (Å²) < 4.78 is 0. The first-order chi connectivity index (χ1) is 7.41. The van der Waals surface area contributed by atoms with E-state index < -0.39 is 0 Å². The highest BCUT2D eigenvalue weighted by molar-refractivity contribution is 5.50. The smallest absolute Gasteiger partial charge is 0.0515 e.